The molecule has 0 unspecified atom stereocenters. The number of carbonyl (C=O) groups is 2. The summed E-state index contributed by atoms with van der Waals surface area (Å²) >= 11 is 12.5. The van der Waals surface area contributed by atoms with Crippen LogP contribution in [0.3, 0.4) is 0 Å². The van der Waals surface area contributed by atoms with E-state index in [1.165, 1.54) is 55.6 Å². The maximum atomic E-state index is 14.1. The summed E-state index contributed by atoms with van der Waals surface area (Å²) in [5.74, 6) is -5.19. The minimum Gasteiger partial charge on any atom is -0.508 e. The van der Waals surface area contributed by atoms with Gasteiger partial charge in [0.2, 0.25) is 0 Å². The van der Waals surface area contributed by atoms with Crippen molar-refractivity contribution in [1.82, 2.24) is 9.13 Å². The van der Waals surface area contributed by atoms with Crippen molar-refractivity contribution < 1.29 is 56.7 Å². The highest BCUT2D eigenvalue weighted by Crippen LogP contribution is 2.39. The molecule has 6 aromatic carbocycles. The lowest BCUT2D eigenvalue weighted by Gasteiger charge is -2.17. The number of aromatic carboxylic acids is 1. The monoisotopic (exact) mass is 952 g/mol. The van der Waals surface area contributed by atoms with Gasteiger partial charge >= 0.3 is 11.9 Å². The number of hydrogen-bond acceptors (Lipinski definition) is 7. The number of aromatic hydroxyl groups is 2. The predicted octanol–water partition coefficient (Wildman–Crippen LogP) is 12.8. The molecule has 0 aliphatic heterocycles. The molecule has 8 aromatic rings. The zero-order chi connectivity index (χ0) is 48.1. The highest BCUT2D eigenvalue weighted by Gasteiger charge is 2.20. The lowest BCUT2D eigenvalue weighted by Crippen LogP contribution is -2.06. The number of benzene rings is 6. The van der Waals surface area contributed by atoms with Gasteiger partial charge in [0.05, 0.1) is 41.0 Å². The van der Waals surface area contributed by atoms with Crippen LogP contribution >= 0.6 is 23.2 Å². The number of phenols is 2. The molecule has 0 bridgehead atoms. The van der Waals surface area contributed by atoms with Crippen LogP contribution in [0.15, 0.2) is 133 Å². The number of esters is 1. The number of hydrogen-bond donors (Lipinski definition) is 3. The van der Waals surface area contributed by atoms with Gasteiger partial charge in [0, 0.05) is 55.8 Å². The third-order valence-corrected chi connectivity index (χ3v) is 10.9. The first-order chi connectivity index (χ1) is 32.0. The molecule has 3 N–H and O–H groups in total. The molecule has 0 saturated carbocycles. The number of methoxy groups -OCH3 is 1. The van der Waals surface area contributed by atoms with E-state index in [0.717, 1.165) is 29.6 Å². The van der Waals surface area contributed by atoms with Crippen molar-refractivity contribution in [3.8, 4) is 56.9 Å². The molecule has 0 radical (unpaired) electrons. The molecule has 8 rings (SSSR count). The molecule has 0 aliphatic carbocycles. The van der Waals surface area contributed by atoms with E-state index in [2.05, 4.69) is 0 Å². The molecule has 0 amide bonds. The quantitative estimate of drug-likeness (QED) is 0.0815. The molecule has 0 atom stereocenters. The number of phenolic OH excluding ortho intramolecular Hbond substituents is 2. The fourth-order valence-electron chi connectivity index (χ4n) is 7.28. The van der Waals surface area contributed by atoms with Gasteiger partial charge in [0.25, 0.3) is 0 Å². The first-order valence-electron chi connectivity index (χ1n) is 20.1. The van der Waals surface area contributed by atoms with E-state index in [4.69, 9.17) is 37.4 Å². The third kappa shape index (κ3) is 10.6. The Balaban J connectivity index is 0.000000199. The van der Waals surface area contributed by atoms with Gasteiger partial charge in [-0.05, 0) is 111 Å². The van der Waals surface area contributed by atoms with Gasteiger partial charge in [-0.25, -0.2) is 27.2 Å². The number of aryl methyl sites for hydroxylation is 2. The number of carboxylic acid groups (broad SMARTS) is 1. The number of aromatic nitrogens is 2. The molecular formula is C51H38Cl2F4N2O8. The van der Waals surface area contributed by atoms with Gasteiger partial charge in [-0.3, -0.25) is 0 Å². The maximum absolute atomic E-state index is 14.1. The smallest absolute Gasteiger partial charge is 0.338 e. The van der Waals surface area contributed by atoms with E-state index in [-0.39, 0.29) is 47.0 Å². The molecule has 2 aromatic heterocycles. The minimum atomic E-state index is -1.18. The van der Waals surface area contributed by atoms with Gasteiger partial charge in [-0.2, -0.15) is 0 Å². The Morgan fingerprint density at radius 1 is 0.567 bits per heavy atom. The van der Waals surface area contributed by atoms with E-state index < -0.39 is 35.2 Å². The van der Waals surface area contributed by atoms with Crippen molar-refractivity contribution in [2.45, 2.75) is 27.1 Å². The van der Waals surface area contributed by atoms with E-state index >= 15 is 0 Å². The fourth-order valence-corrected chi connectivity index (χ4v) is 7.62. The zero-order valence-electron chi connectivity index (χ0n) is 35.7. The number of rotatable bonds is 12. The molecule has 342 valence electrons. The standard InChI is InChI=1S/C26H20ClF2NO4.C25H18ClF2NO4/c1-15-6-8-23(30(15)19-10-17(26(32)33-2)11-20(31)13-19)21-12-18(27)7-9-24(21)34-14-16-4-3-5-22(28)25(16)29;1-14-5-7-22(29(14)18-9-16(25(31)32)10-19(30)12-18)20-11-17(26)6-8-23(20)33-13-15-3-2-4-21(27)24(15)28/h3-13,31H,14H2,1-2H3;2-12,30H,13H2,1H3,(H,31,32). The Morgan fingerprint density at radius 3 is 1.43 bits per heavy atom. The van der Waals surface area contributed by atoms with Crippen molar-refractivity contribution in [3.05, 3.63) is 200 Å². The summed E-state index contributed by atoms with van der Waals surface area (Å²) in [6.45, 7) is 3.27. The lowest BCUT2D eigenvalue weighted by atomic mass is 10.1. The first kappa shape index (κ1) is 47.3. The average Bonchev–Trinajstić information content (AvgIpc) is 3.89. The van der Waals surface area contributed by atoms with Gasteiger partial charge < -0.3 is 38.7 Å². The van der Waals surface area contributed by atoms with Crippen molar-refractivity contribution in [1.29, 1.82) is 0 Å². The Labute approximate surface area is 391 Å². The number of halogens is 6. The number of carboxylic acids is 1. The second-order valence-corrected chi connectivity index (χ2v) is 15.8. The van der Waals surface area contributed by atoms with Crippen LogP contribution in [0.2, 0.25) is 10.0 Å². The average molecular weight is 954 g/mol. The van der Waals surface area contributed by atoms with E-state index in [1.54, 1.807) is 53.1 Å². The largest absolute Gasteiger partial charge is 0.508 e. The summed E-state index contributed by atoms with van der Waals surface area (Å²) in [6.07, 6.45) is 0. The molecule has 0 aliphatic rings. The molecule has 16 heteroatoms. The third-order valence-electron chi connectivity index (χ3n) is 10.4. The van der Waals surface area contributed by atoms with Crippen molar-refractivity contribution in [3.63, 3.8) is 0 Å². The van der Waals surface area contributed by atoms with E-state index in [0.29, 0.717) is 55.4 Å². The Hall–Kier alpha value is -7.68. The molecular weight excluding hydrogens is 915 g/mol. The second-order valence-electron chi connectivity index (χ2n) is 14.9. The lowest BCUT2D eigenvalue weighted by molar-refractivity contribution is 0.0599. The van der Waals surface area contributed by atoms with Crippen LogP contribution in [-0.4, -0.2) is 43.5 Å². The van der Waals surface area contributed by atoms with Gasteiger partial charge in [-0.15, -0.1) is 0 Å². The molecule has 67 heavy (non-hydrogen) atoms. The summed E-state index contributed by atoms with van der Waals surface area (Å²) in [7, 11) is 1.26. The Morgan fingerprint density at radius 2 is 1.00 bits per heavy atom. The summed E-state index contributed by atoms with van der Waals surface area (Å²) in [5.41, 5.74) is 5.12. The highest BCUT2D eigenvalue weighted by molar-refractivity contribution is 6.31. The molecule has 0 fully saturated rings. The number of ether oxygens (including phenoxy) is 3. The molecule has 2 heterocycles. The van der Waals surface area contributed by atoms with Gasteiger partial charge in [-0.1, -0.05) is 47.5 Å². The van der Waals surface area contributed by atoms with Crippen LogP contribution < -0.4 is 9.47 Å². The minimum absolute atomic E-state index is 0.0570. The maximum Gasteiger partial charge on any atom is 0.338 e. The number of carbonyl (C=O) groups excluding carboxylic acids is 1. The molecule has 0 saturated heterocycles. The van der Waals surface area contributed by atoms with Crippen molar-refractivity contribution in [2.75, 3.05) is 7.11 Å². The Kier molecular flexibility index (Phi) is 14.3. The van der Waals surface area contributed by atoms with Crippen LogP contribution in [0.4, 0.5) is 17.6 Å². The van der Waals surface area contributed by atoms with Crippen LogP contribution in [0.5, 0.6) is 23.0 Å². The predicted molar refractivity (Wildman–Crippen MR) is 245 cm³/mol. The van der Waals surface area contributed by atoms with Gasteiger partial charge in [0.15, 0.2) is 23.3 Å². The Bertz CT molecular complexity index is 3170. The topological polar surface area (TPSA) is 132 Å². The van der Waals surface area contributed by atoms with E-state index in [9.17, 15) is 42.5 Å². The normalized spacial score (nSPS) is 10.9. The highest BCUT2D eigenvalue weighted by atomic mass is 35.5. The van der Waals surface area contributed by atoms with Crippen LogP contribution in [-0.2, 0) is 18.0 Å². The first-order valence-corrected chi connectivity index (χ1v) is 20.9. The van der Waals surface area contributed by atoms with Gasteiger partial charge in [0.1, 0.15) is 36.2 Å². The summed E-state index contributed by atoms with van der Waals surface area (Å²) in [4.78, 5) is 23.5. The molecule has 0 spiro atoms. The van der Waals surface area contributed by atoms with E-state index in [1.807, 2.05) is 36.6 Å². The van der Waals surface area contributed by atoms with Crippen LogP contribution in [0.1, 0.15) is 43.2 Å². The SMILES string of the molecule is COC(=O)c1cc(O)cc(-n2c(C)ccc2-c2cc(Cl)ccc2OCc2cccc(F)c2F)c1.Cc1ccc(-c2cc(Cl)ccc2OCc2cccc(F)c2F)n1-c1cc(O)cc(C(=O)O)c1. The number of nitrogens with zero attached hydrogens (tertiary/aromatic N) is 2. The molecule has 10 nitrogen and oxygen atoms in total. The summed E-state index contributed by atoms with van der Waals surface area (Å²) in [5, 5.41) is 30.5. The zero-order valence-corrected chi connectivity index (χ0v) is 37.2. The summed E-state index contributed by atoms with van der Waals surface area (Å²) < 4.78 is 75.4. The van der Waals surface area contributed by atoms with Crippen molar-refractivity contribution >= 4 is 35.1 Å². The summed E-state index contributed by atoms with van der Waals surface area (Å²) in [6, 6.07) is 33.4. The second kappa shape index (κ2) is 20.2. The van der Waals surface area contributed by atoms with Crippen LogP contribution in [0, 0.1) is 37.1 Å². The fraction of sp³-hybridized carbons (Fsp3) is 0.0980. The van der Waals surface area contributed by atoms with Crippen molar-refractivity contribution in [2.24, 2.45) is 0 Å². The van der Waals surface area contributed by atoms with Crippen LogP contribution in [0.25, 0.3) is 33.9 Å².